The average Bonchev–Trinajstić information content (AvgIpc) is 2.38. The van der Waals surface area contributed by atoms with Crippen molar-refractivity contribution in [2.24, 2.45) is 5.73 Å². The lowest BCUT2D eigenvalue weighted by Crippen LogP contribution is -2.48. The summed E-state index contributed by atoms with van der Waals surface area (Å²) in [5, 5.41) is 3.43. The van der Waals surface area contributed by atoms with Crippen molar-refractivity contribution < 1.29 is 9.53 Å². The zero-order valence-corrected chi connectivity index (χ0v) is 11.3. The number of carbonyl (C=O) groups excluding carboxylic acids is 1. The van der Waals surface area contributed by atoms with E-state index in [9.17, 15) is 4.79 Å². The van der Waals surface area contributed by atoms with Crippen molar-refractivity contribution >= 4 is 5.91 Å². The quantitative estimate of drug-likeness (QED) is 0.804. The second-order valence-electron chi connectivity index (χ2n) is 4.99. The number of rotatable bonds is 5. The van der Waals surface area contributed by atoms with Gasteiger partial charge in [-0.25, -0.2) is 0 Å². The first-order valence-electron chi connectivity index (χ1n) is 6.59. The van der Waals surface area contributed by atoms with Crippen LogP contribution in [0.5, 0.6) is 5.75 Å². The van der Waals surface area contributed by atoms with Crippen LogP contribution in [0.2, 0.25) is 0 Å². The smallest absolute Gasteiger partial charge is 0.255 e. The van der Waals surface area contributed by atoms with Crippen molar-refractivity contribution in [1.29, 1.82) is 0 Å². The molecule has 1 aliphatic rings. The largest absolute Gasteiger partial charge is 0.484 e. The maximum Gasteiger partial charge on any atom is 0.255 e. The molecule has 1 aliphatic heterocycles. The molecule has 0 aromatic heterocycles. The lowest BCUT2D eigenvalue weighted by Gasteiger charge is -2.31. The first kappa shape index (κ1) is 13.8. The van der Waals surface area contributed by atoms with Crippen LogP contribution in [0.25, 0.3) is 0 Å². The molecule has 1 amide bonds. The van der Waals surface area contributed by atoms with Gasteiger partial charge in [-0.3, -0.25) is 9.69 Å². The molecule has 1 saturated heterocycles. The Labute approximate surface area is 113 Å². The second-order valence-corrected chi connectivity index (χ2v) is 4.99. The third-order valence-electron chi connectivity index (χ3n) is 3.16. The summed E-state index contributed by atoms with van der Waals surface area (Å²) < 4.78 is 5.23. The highest BCUT2D eigenvalue weighted by molar-refractivity contribution is 5.75. The van der Waals surface area contributed by atoms with Crippen molar-refractivity contribution in [2.45, 2.75) is 19.5 Å². The van der Waals surface area contributed by atoms with E-state index < -0.39 is 5.91 Å². The summed E-state index contributed by atoms with van der Waals surface area (Å²) in [7, 11) is 0. The van der Waals surface area contributed by atoms with Gasteiger partial charge in [-0.05, 0) is 24.6 Å². The van der Waals surface area contributed by atoms with Crippen LogP contribution in [0, 0.1) is 0 Å². The van der Waals surface area contributed by atoms with Gasteiger partial charge in [-0.1, -0.05) is 12.1 Å². The predicted octanol–water partition coefficient (Wildman–Crippen LogP) is 0.344. The van der Waals surface area contributed by atoms with E-state index in [0.29, 0.717) is 11.8 Å². The highest BCUT2D eigenvalue weighted by Crippen LogP contribution is 2.14. The first-order valence-corrected chi connectivity index (χ1v) is 6.59. The normalized spacial score (nSPS) is 20.2. The molecule has 0 bridgehead atoms. The van der Waals surface area contributed by atoms with E-state index in [1.165, 1.54) is 5.56 Å². The summed E-state index contributed by atoms with van der Waals surface area (Å²) >= 11 is 0. The van der Waals surface area contributed by atoms with Crippen molar-refractivity contribution in [3.63, 3.8) is 0 Å². The van der Waals surface area contributed by atoms with Gasteiger partial charge in [-0.2, -0.15) is 0 Å². The fourth-order valence-corrected chi connectivity index (χ4v) is 2.26. The van der Waals surface area contributed by atoms with Crippen LogP contribution in [-0.4, -0.2) is 43.1 Å². The number of amides is 1. The van der Waals surface area contributed by atoms with Crippen molar-refractivity contribution in [2.75, 3.05) is 26.2 Å². The molecule has 3 N–H and O–H groups in total. The van der Waals surface area contributed by atoms with Gasteiger partial charge in [-0.15, -0.1) is 0 Å². The van der Waals surface area contributed by atoms with Crippen LogP contribution in [0.15, 0.2) is 24.3 Å². The van der Waals surface area contributed by atoms with E-state index in [-0.39, 0.29) is 6.61 Å². The van der Waals surface area contributed by atoms with Gasteiger partial charge in [0, 0.05) is 32.2 Å². The maximum atomic E-state index is 10.6. The lowest BCUT2D eigenvalue weighted by atomic mass is 10.1. The zero-order valence-electron chi connectivity index (χ0n) is 11.3. The number of hydrogen-bond donors (Lipinski definition) is 2. The molecule has 19 heavy (non-hydrogen) atoms. The Morgan fingerprint density at radius 3 is 2.84 bits per heavy atom. The van der Waals surface area contributed by atoms with E-state index in [2.05, 4.69) is 17.1 Å². The Balaban J connectivity index is 1.85. The minimum absolute atomic E-state index is 0.0747. The molecule has 1 unspecified atom stereocenters. The van der Waals surface area contributed by atoms with Crippen molar-refractivity contribution in [3.05, 3.63) is 29.8 Å². The van der Waals surface area contributed by atoms with Crippen LogP contribution in [0.4, 0.5) is 0 Å². The summed E-state index contributed by atoms with van der Waals surface area (Å²) in [5.41, 5.74) is 6.28. The third kappa shape index (κ3) is 4.54. The standard InChI is InChI=1S/C14H21N3O2/c1-11-8-17(7-6-16-11)9-12-2-4-13(5-3-12)19-10-14(15)18/h2-5,11,16H,6-10H2,1H3,(H2,15,18). The molecule has 1 heterocycles. The number of carbonyl (C=O) groups is 1. The summed E-state index contributed by atoms with van der Waals surface area (Å²) in [6.07, 6.45) is 0. The van der Waals surface area contributed by atoms with E-state index in [1.54, 1.807) is 0 Å². The topological polar surface area (TPSA) is 67.6 Å². The molecule has 0 saturated carbocycles. The number of primary amides is 1. The van der Waals surface area contributed by atoms with Gasteiger partial charge in [0.05, 0.1) is 0 Å². The molecule has 5 heteroatoms. The van der Waals surface area contributed by atoms with E-state index in [0.717, 1.165) is 26.2 Å². The molecule has 0 aliphatic carbocycles. The zero-order chi connectivity index (χ0) is 13.7. The number of nitrogens with two attached hydrogens (primary N) is 1. The third-order valence-corrected chi connectivity index (χ3v) is 3.16. The summed E-state index contributed by atoms with van der Waals surface area (Å²) in [4.78, 5) is 13.0. The number of benzene rings is 1. The minimum atomic E-state index is -0.459. The summed E-state index contributed by atoms with van der Waals surface area (Å²) in [6, 6.07) is 8.37. The Morgan fingerprint density at radius 2 is 2.21 bits per heavy atom. The van der Waals surface area contributed by atoms with Gasteiger partial charge in [0.1, 0.15) is 5.75 Å². The molecule has 0 spiro atoms. The predicted molar refractivity (Wildman–Crippen MR) is 73.9 cm³/mol. The van der Waals surface area contributed by atoms with Crippen LogP contribution < -0.4 is 15.8 Å². The van der Waals surface area contributed by atoms with Crippen LogP contribution >= 0.6 is 0 Å². The first-order chi connectivity index (χ1) is 9.13. The molecule has 1 atom stereocenters. The van der Waals surface area contributed by atoms with Crippen molar-refractivity contribution in [1.82, 2.24) is 10.2 Å². The number of piperazine rings is 1. The molecule has 1 aromatic carbocycles. The SMILES string of the molecule is CC1CN(Cc2ccc(OCC(N)=O)cc2)CCN1. The number of nitrogens with one attached hydrogen (secondary N) is 1. The molecular weight excluding hydrogens is 242 g/mol. The summed E-state index contributed by atoms with van der Waals surface area (Å²) in [6.45, 7) is 6.26. The van der Waals surface area contributed by atoms with Gasteiger partial charge in [0.25, 0.3) is 5.91 Å². The highest BCUT2D eigenvalue weighted by atomic mass is 16.5. The monoisotopic (exact) mass is 263 g/mol. The highest BCUT2D eigenvalue weighted by Gasteiger charge is 2.15. The van der Waals surface area contributed by atoms with Gasteiger partial charge >= 0.3 is 0 Å². The number of hydrogen-bond acceptors (Lipinski definition) is 4. The fourth-order valence-electron chi connectivity index (χ4n) is 2.26. The number of ether oxygens (including phenoxy) is 1. The Kier molecular flexibility index (Phi) is 4.76. The Morgan fingerprint density at radius 1 is 1.47 bits per heavy atom. The molecule has 1 aromatic rings. The molecular formula is C14H21N3O2. The van der Waals surface area contributed by atoms with Crippen molar-refractivity contribution in [3.8, 4) is 5.75 Å². The molecule has 0 radical (unpaired) electrons. The van der Waals surface area contributed by atoms with E-state index >= 15 is 0 Å². The Bertz CT molecular complexity index is 419. The maximum absolute atomic E-state index is 10.6. The van der Waals surface area contributed by atoms with Crippen LogP contribution in [0.1, 0.15) is 12.5 Å². The van der Waals surface area contributed by atoms with E-state index in [4.69, 9.17) is 10.5 Å². The van der Waals surface area contributed by atoms with E-state index in [1.807, 2.05) is 24.3 Å². The van der Waals surface area contributed by atoms with Gasteiger partial charge in [0.2, 0.25) is 0 Å². The molecule has 1 fully saturated rings. The number of nitrogens with zero attached hydrogens (tertiary/aromatic N) is 1. The second kappa shape index (κ2) is 6.54. The average molecular weight is 263 g/mol. The molecule has 5 nitrogen and oxygen atoms in total. The minimum Gasteiger partial charge on any atom is -0.484 e. The summed E-state index contributed by atoms with van der Waals surface area (Å²) in [5.74, 6) is 0.218. The van der Waals surface area contributed by atoms with Gasteiger partial charge in [0.15, 0.2) is 6.61 Å². The fraction of sp³-hybridized carbons (Fsp3) is 0.500. The lowest BCUT2D eigenvalue weighted by molar-refractivity contribution is -0.119. The molecule has 2 rings (SSSR count). The van der Waals surface area contributed by atoms with Crippen LogP contribution in [-0.2, 0) is 11.3 Å². The van der Waals surface area contributed by atoms with Gasteiger partial charge < -0.3 is 15.8 Å². The Hall–Kier alpha value is -1.59. The molecule has 104 valence electrons. The van der Waals surface area contributed by atoms with Crippen LogP contribution in [0.3, 0.4) is 0 Å².